The number of hydrogen-bond acceptors (Lipinski definition) is 6. The van der Waals surface area contributed by atoms with E-state index in [-0.39, 0.29) is 12.5 Å². The highest BCUT2D eigenvalue weighted by Gasteiger charge is 2.18. The van der Waals surface area contributed by atoms with E-state index in [1.165, 1.54) is 12.4 Å². The Morgan fingerprint density at radius 2 is 2.00 bits per heavy atom. The van der Waals surface area contributed by atoms with Gasteiger partial charge in [-0.3, -0.25) is 9.78 Å². The van der Waals surface area contributed by atoms with E-state index in [1.54, 1.807) is 36.5 Å². The van der Waals surface area contributed by atoms with Crippen molar-refractivity contribution in [3.63, 3.8) is 0 Å². The van der Waals surface area contributed by atoms with Crippen molar-refractivity contribution in [3.8, 4) is 11.3 Å². The molecule has 0 atom stereocenters. The normalized spacial score (nSPS) is 14.0. The van der Waals surface area contributed by atoms with Crippen LogP contribution in [-0.4, -0.2) is 52.0 Å². The largest absolute Gasteiger partial charge is 0.378 e. The number of carbonyl (C=O) groups is 1. The lowest BCUT2D eigenvalue weighted by molar-refractivity contribution is 0.0949. The number of pyridine rings is 1. The second-order valence-electron chi connectivity index (χ2n) is 7.42. The summed E-state index contributed by atoms with van der Waals surface area (Å²) < 4.78 is 19.5. The zero-order valence-electron chi connectivity index (χ0n) is 17.2. The van der Waals surface area contributed by atoms with Gasteiger partial charge in [-0.1, -0.05) is 16.6 Å². The van der Waals surface area contributed by atoms with Crippen LogP contribution in [0.25, 0.3) is 22.2 Å². The summed E-state index contributed by atoms with van der Waals surface area (Å²) in [7, 11) is 0. The van der Waals surface area contributed by atoms with E-state index < -0.39 is 0 Å². The van der Waals surface area contributed by atoms with E-state index in [1.807, 2.05) is 12.1 Å². The molecule has 1 aliphatic heterocycles. The van der Waals surface area contributed by atoms with Gasteiger partial charge in [-0.2, -0.15) is 4.79 Å². The molecule has 0 spiro atoms. The summed E-state index contributed by atoms with van der Waals surface area (Å²) in [5.41, 5.74) is 2.41. The van der Waals surface area contributed by atoms with Crippen LogP contribution in [0.1, 0.15) is 16.2 Å². The van der Waals surface area contributed by atoms with Gasteiger partial charge < -0.3 is 15.0 Å². The molecule has 1 fully saturated rings. The van der Waals surface area contributed by atoms with Gasteiger partial charge in [-0.25, -0.2) is 9.97 Å². The van der Waals surface area contributed by atoms with Crippen LogP contribution in [-0.2, 0) is 11.3 Å². The van der Waals surface area contributed by atoms with Crippen LogP contribution in [0, 0.1) is 0 Å². The maximum absolute atomic E-state index is 14.1. The number of hydrogen-bond donors (Lipinski definition) is 1. The number of morpholine rings is 1. The molecule has 8 nitrogen and oxygen atoms in total. The second kappa shape index (κ2) is 8.72. The quantitative estimate of drug-likeness (QED) is 0.522. The fourth-order valence-corrected chi connectivity index (χ4v) is 3.77. The highest BCUT2D eigenvalue weighted by atomic mass is 19.2. The number of halogens is 1. The highest BCUT2D eigenvalue weighted by molar-refractivity contribution is 5.95. The predicted octanol–water partition coefficient (Wildman–Crippen LogP) is 2.99. The first kappa shape index (κ1) is 20.1. The number of nitrogens with zero attached hydrogens (tertiary/aromatic N) is 5. The lowest BCUT2D eigenvalue weighted by atomic mass is 10.1. The Morgan fingerprint density at radius 1 is 1.12 bits per heavy atom. The number of nitrogens with one attached hydrogen (secondary N) is 1. The smallest absolute Gasteiger partial charge is 0.253 e. The van der Waals surface area contributed by atoms with E-state index in [0.717, 1.165) is 16.8 Å². The van der Waals surface area contributed by atoms with E-state index in [2.05, 4.69) is 20.2 Å². The second-order valence-corrected chi connectivity index (χ2v) is 7.42. The fourth-order valence-electron chi connectivity index (χ4n) is 3.77. The molecule has 5 rings (SSSR count). The van der Waals surface area contributed by atoms with Crippen molar-refractivity contribution in [1.82, 2.24) is 25.1 Å². The van der Waals surface area contributed by atoms with Crippen LogP contribution >= 0.6 is 0 Å². The Balaban J connectivity index is 1.50. The average molecular weight is 432 g/mol. The van der Waals surface area contributed by atoms with Crippen molar-refractivity contribution >= 4 is 22.6 Å². The minimum Gasteiger partial charge on any atom is -0.378 e. The minimum atomic E-state index is -0.253. The first-order chi connectivity index (χ1) is 15.7. The summed E-state index contributed by atoms with van der Waals surface area (Å²) in [6.45, 7) is 2.81. The maximum Gasteiger partial charge on any atom is 0.253 e. The van der Waals surface area contributed by atoms with E-state index in [9.17, 15) is 9.28 Å². The molecular formula is C23H21FN6O2. The van der Waals surface area contributed by atoms with Crippen molar-refractivity contribution in [2.45, 2.75) is 6.54 Å². The topological polar surface area (TPSA) is 85.2 Å². The van der Waals surface area contributed by atoms with Crippen molar-refractivity contribution in [2.24, 2.45) is 0 Å². The average Bonchev–Trinajstić information content (AvgIpc) is 3.24. The highest BCUT2D eigenvalue weighted by Crippen LogP contribution is 2.30. The number of benzene rings is 1. The molecule has 0 bridgehead atoms. The van der Waals surface area contributed by atoms with Crippen LogP contribution in [0.4, 0.5) is 10.3 Å². The number of rotatable bonds is 5. The fraction of sp³-hybridized carbons (Fsp3) is 0.217. The van der Waals surface area contributed by atoms with Crippen LogP contribution in [0.15, 0.2) is 61.1 Å². The predicted molar refractivity (Wildman–Crippen MR) is 118 cm³/mol. The Hall–Kier alpha value is -3.85. The summed E-state index contributed by atoms with van der Waals surface area (Å²) in [5.74, 6) is 0.968. The van der Waals surface area contributed by atoms with Gasteiger partial charge >= 0.3 is 0 Å². The van der Waals surface area contributed by atoms with Gasteiger partial charge in [0.15, 0.2) is 5.82 Å². The number of aromatic nitrogens is 4. The molecule has 4 aromatic rings. The Kier molecular flexibility index (Phi) is 5.47. The molecule has 0 saturated carbocycles. The summed E-state index contributed by atoms with van der Waals surface area (Å²) in [5, 5.41) is 3.61. The number of fused-ring (bicyclic) bond motifs is 1. The van der Waals surface area contributed by atoms with E-state index >= 15 is 0 Å². The monoisotopic (exact) mass is 432 g/mol. The molecule has 1 aliphatic rings. The Labute approximate surface area is 183 Å². The molecule has 1 aromatic carbocycles. The number of anilines is 1. The lowest BCUT2D eigenvalue weighted by Gasteiger charge is -2.28. The van der Waals surface area contributed by atoms with Crippen molar-refractivity contribution < 1.29 is 14.0 Å². The van der Waals surface area contributed by atoms with Gasteiger partial charge in [0, 0.05) is 48.7 Å². The van der Waals surface area contributed by atoms with Gasteiger partial charge in [0.1, 0.15) is 5.82 Å². The molecule has 0 unspecified atom stereocenters. The van der Waals surface area contributed by atoms with Crippen molar-refractivity contribution in [3.05, 3.63) is 72.4 Å². The Bertz CT molecular complexity index is 1250. The van der Waals surface area contributed by atoms with Crippen LogP contribution in [0.3, 0.4) is 0 Å². The minimum absolute atomic E-state index is 0.152. The summed E-state index contributed by atoms with van der Waals surface area (Å²) >= 11 is 0. The molecule has 4 heterocycles. The maximum atomic E-state index is 14.1. The van der Waals surface area contributed by atoms with Gasteiger partial charge in [-0.05, 0) is 24.3 Å². The van der Waals surface area contributed by atoms with Crippen LogP contribution in [0.2, 0.25) is 0 Å². The SMILES string of the molecule is O=C(NCc1nc(-c2cccc3c2ccn3F)cc(N2CCOCC2)n1)c1cccnc1. The van der Waals surface area contributed by atoms with Gasteiger partial charge in [-0.15, -0.1) is 0 Å². The zero-order chi connectivity index (χ0) is 21.9. The van der Waals surface area contributed by atoms with Gasteiger partial charge in [0.05, 0.1) is 36.5 Å². The number of carbonyl (C=O) groups excluding carboxylic acids is 1. The van der Waals surface area contributed by atoms with E-state index in [4.69, 9.17) is 9.72 Å². The van der Waals surface area contributed by atoms with Crippen LogP contribution in [0.5, 0.6) is 0 Å². The third-order valence-corrected chi connectivity index (χ3v) is 5.39. The van der Waals surface area contributed by atoms with E-state index in [0.29, 0.717) is 53.7 Å². The summed E-state index contributed by atoms with van der Waals surface area (Å²) in [6.07, 6.45) is 4.50. The molecule has 1 saturated heterocycles. The first-order valence-electron chi connectivity index (χ1n) is 10.3. The molecule has 9 heteroatoms. The number of amides is 1. The number of ether oxygens (including phenoxy) is 1. The summed E-state index contributed by atoms with van der Waals surface area (Å²) in [4.78, 5) is 28.5. The molecule has 162 valence electrons. The molecular weight excluding hydrogens is 411 g/mol. The molecule has 1 N–H and O–H groups in total. The zero-order valence-corrected chi connectivity index (χ0v) is 17.2. The summed E-state index contributed by atoms with van der Waals surface area (Å²) in [6, 6.07) is 12.5. The van der Waals surface area contributed by atoms with Crippen LogP contribution < -0.4 is 10.2 Å². The van der Waals surface area contributed by atoms with Crippen molar-refractivity contribution in [1.29, 1.82) is 0 Å². The molecule has 32 heavy (non-hydrogen) atoms. The van der Waals surface area contributed by atoms with Gasteiger partial charge in [0.2, 0.25) is 0 Å². The molecule has 0 radical (unpaired) electrons. The third kappa shape index (κ3) is 4.02. The van der Waals surface area contributed by atoms with Crippen molar-refractivity contribution in [2.75, 3.05) is 31.2 Å². The molecule has 0 aliphatic carbocycles. The Morgan fingerprint density at radius 3 is 2.81 bits per heavy atom. The standard InChI is InChI=1S/C23H21FN6O2/c24-30-8-6-18-17(4-1-5-20(18)30)19-13-22(29-9-11-32-12-10-29)28-21(27-19)15-26-23(31)16-3-2-7-25-14-16/h1-8,13-14H,9-12,15H2,(H,26,31). The van der Waals surface area contributed by atoms with Gasteiger partial charge in [0.25, 0.3) is 5.91 Å². The third-order valence-electron chi connectivity index (χ3n) is 5.39. The lowest BCUT2D eigenvalue weighted by Crippen LogP contribution is -2.37. The molecule has 3 aromatic heterocycles. The first-order valence-corrected chi connectivity index (χ1v) is 10.3. The molecule has 1 amide bonds.